The van der Waals surface area contributed by atoms with Crippen LogP contribution < -0.4 is 0 Å². The molecule has 0 spiro atoms. The van der Waals surface area contributed by atoms with E-state index in [9.17, 15) is 0 Å². The number of aromatic nitrogens is 5. The third kappa shape index (κ3) is 3.00. The summed E-state index contributed by atoms with van der Waals surface area (Å²) >= 11 is 0. The molecule has 0 aliphatic carbocycles. The van der Waals surface area contributed by atoms with Gasteiger partial charge in [0, 0.05) is 19.5 Å². The van der Waals surface area contributed by atoms with Gasteiger partial charge in [-0.3, -0.25) is 4.90 Å². The zero-order valence-corrected chi connectivity index (χ0v) is 13.6. The summed E-state index contributed by atoms with van der Waals surface area (Å²) in [5, 5.41) is 12.3. The van der Waals surface area contributed by atoms with E-state index in [0.29, 0.717) is 19.1 Å². The molecule has 23 heavy (non-hydrogen) atoms. The van der Waals surface area contributed by atoms with Gasteiger partial charge >= 0.3 is 0 Å². The van der Waals surface area contributed by atoms with Gasteiger partial charge in [0.25, 0.3) is 0 Å². The first kappa shape index (κ1) is 14.8. The summed E-state index contributed by atoms with van der Waals surface area (Å²) in [4.78, 5) is 6.84. The Morgan fingerprint density at radius 2 is 2.30 bits per heavy atom. The highest BCUT2D eigenvalue weighted by molar-refractivity contribution is 5.01. The minimum atomic E-state index is 0.219. The molecule has 4 heterocycles. The molecule has 0 radical (unpaired) electrons. The Balaban J connectivity index is 1.43. The van der Waals surface area contributed by atoms with Crippen molar-refractivity contribution >= 4 is 0 Å². The normalized spacial score (nSPS) is 24.7. The number of hydrogen-bond acceptors (Lipinski definition) is 7. The predicted molar refractivity (Wildman–Crippen MR) is 80.4 cm³/mol. The topological polar surface area (TPSA) is 82.1 Å². The van der Waals surface area contributed by atoms with Gasteiger partial charge in [-0.25, -0.2) is 4.68 Å². The van der Waals surface area contributed by atoms with Crippen LogP contribution in [0.15, 0.2) is 10.7 Å². The van der Waals surface area contributed by atoms with Gasteiger partial charge in [0.2, 0.25) is 5.89 Å². The molecule has 2 aromatic heterocycles. The highest BCUT2D eigenvalue weighted by Gasteiger charge is 2.36. The predicted octanol–water partition coefficient (Wildman–Crippen LogP) is 1.21. The van der Waals surface area contributed by atoms with Crippen molar-refractivity contribution in [1.82, 2.24) is 30.0 Å². The summed E-state index contributed by atoms with van der Waals surface area (Å²) in [6, 6.07) is 0.219. The van der Waals surface area contributed by atoms with Crippen molar-refractivity contribution in [1.29, 1.82) is 0 Å². The minimum absolute atomic E-state index is 0.219. The maximum atomic E-state index is 5.94. The maximum Gasteiger partial charge on any atom is 0.226 e. The average Bonchev–Trinajstić information content (AvgIpc) is 3.16. The Kier molecular flexibility index (Phi) is 3.86. The second-order valence-corrected chi connectivity index (χ2v) is 6.81. The Hall–Kier alpha value is -1.80. The van der Waals surface area contributed by atoms with E-state index in [1.165, 1.54) is 0 Å². The van der Waals surface area contributed by atoms with E-state index in [4.69, 9.17) is 9.26 Å². The zero-order valence-electron chi connectivity index (χ0n) is 13.6. The van der Waals surface area contributed by atoms with Crippen LogP contribution >= 0.6 is 0 Å². The number of hydrogen-bond donors (Lipinski definition) is 0. The highest BCUT2D eigenvalue weighted by Crippen LogP contribution is 2.30. The van der Waals surface area contributed by atoms with Crippen LogP contribution in [0.5, 0.6) is 0 Å². The van der Waals surface area contributed by atoms with Crippen LogP contribution in [-0.4, -0.2) is 49.2 Å². The maximum absolute atomic E-state index is 5.94. The average molecular weight is 318 g/mol. The van der Waals surface area contributed by atoms with Crippen molar-refractivity contribution in [2.45, 2.75) is 52.0 Å². The summed E-state index contributed by atoms with van der Waals surface area (Å²) in [5.74, 6) is 2.00. The number of nitrogens with zero attached hydrogens (tertiary/aromatic N) is 6. The quantitative estimate of drug-likeness (QED) is 0.838. The van der Waals surface area contributed by atoms with Crippen LogP contribution in [0.3, 0.4) is 0 Å². The molecule has 2 aromatic rings. The molecule has 0 amide bonds. The van der Waals surface area contributed by atoms with E-state index in [1.807, 2.05) is 4.68 Å². The van der Waals surface area contributed by atoms with Gasteiger partial charge in [-0.1, -0.05) is 24.2 Å². The summed E-state index contributed by atoms with van der Waals surface area (Å²) in [5.41, 5.74) is 1.05. The molecule has 124 valence electrons. The zero-order chi connectivity index (χ0) is 15.8. The van der Waals surface area contributed by atoms with Gasteiger partial charge in [0.1, 0.15) is 0 Å². The van der Waals surface area contributed by atoms with E-state index >= 15 is 0 Å². The molecule has 2 aliphatic heterocycles. The largest absolute Gasteiger partial charge is 0.370 e. The molecule has 0 saturated carbocycles. The van der Waals surface area contributed by atoms with Crippen LogP contribution in [-0.2, 0) is 24.3 Å². The van der Waals surface area contributed by atoms with Crippen LogP contribution in [0.25, 0.3) is 0 Å². The first-order valence-corrected chi connectivity index (χ1v) is 8.23. The van der Waals surface area contributed by atoms with E-state index in [2.05, 4.69) is 39.2 Å². The van der Waals surface area contributed by atoms with E-state index in [0.717, 1.165) is 43.3 Å². The fraction of sp³-hybridized carbons (Fsp3) is 0.733. The Bertz CT molecular complexity index is 666. The van der Waals surface area contributed by atoms with Crippen LogP contribution in [0, 0.1) is 5.92 Å². The summed E-state index contributed by atoms with van der Waals surface area (Å²) in [6.45, 7) is 7.45. The Labute approximate surface area is 134 Å². The Morgan fingerprint density at radius 1 is 1.39 bits per heavy atom. The second-order valence-electron chi connectivity index (χ2n) is 6.81. The molecule has 4 rings (SSSR count). The molecule has 0 bridgehead atoms. The van der Waals surface area contributed by atoms with Crippen molar-refractivity contribution in [2.24, 2.45) is 5.92 Å². The van der Waals surface area contributed by atoms with E-state index in [1.54, 1.807) is 6.20 Å². The standard InChI is InChI=1S/C15H22N6O2/c1-10(2)5-15-17-14(18-23-15)8-20-4-3-13-12(7-20)21-11(9-22-13)6-16-19-21/h6,10,12-13H,3-5,7-9H2,1-2H3/t12-,13+/m0/s1. The fourth-order valence-electron chi connectivity index (χ4n) is 3.37. The third-order valence-corrected chi connectivity index (χ3v) is 4.47. The number of ether oxygens (including phenoxy) is 1. The molecule has 0 unspecified atom stereocenters. The lowest BCUT2D eigenvalue weighted by Crippen LogP contribution is -2.47. The van der Waals surface area contributed by atoms with Crippen LogP contribution in [0.2, 0.25) is 0 Å². The van der Waals surface area contributed by atoms with Crippen molar-refractivity contribution in [3.8, 4) is 0 Å². The molecular formula is C15H22N6O2. The smallest absolute Gasteiger partial charge is 0.226 e. The van der Waals surface area contributed by atoms with Gasteiger partial charge in [-0.05, 0) is 12.3 Å². The lowest BCUT2D eigenvalue weighted by molar-refractivity contribution is -0.0673. The molecule has 0 N–H and O–H groups in total. The monoisotopic (exact) mass is 318 g/mol. The molecule has 1 fully saturated rings. The molecule has 1 saturated heterocycles. The van der Waals surface area contributed by atoms with Crippen LogP contribution in [0.1, 0.15) is 43.7 Å². The lowest BCUT2D eigenvalue weighted by Gasteiger charge is -2.40. The number of rotatable bonds is 4. The fourth-order valence-corrected chi connectivity index (χ4v) is 3.37. The molecule has 8 heteroatoms. The van der Waals surface area contributed by atoms with Crippen molar-refractivity contribution < 1.29 is 9.26 Å². The lowest BCUT2D eigenvalue weighted by atomic mass is 10.0. The molecule has 0 aromatic carbocycles. The number of likely N-dealkylation sites (tertiary alicyclic amines) is 1. The highest BCUT2D eigenvalue weighted by atomic mass is 16.5. The van der Waals surface area contributed by atoms with Crippen molar-refractivity contribution in [3.63, 3.8) is 0 Å². The Morgan fingerprint density at radius 3 is 3.17 bits per heavy atom. The van der Waals surface area contributed by atoms with Crippen LogP contribution in [0.4, 0.5) is 0 Å². The van der Waals surface area contributed by atoms with E-state index < -0.39 is 0 Å². The van der Waals surface area contributed by atoms with E-state index in [-0.39, 0.29) is 12.1 Å². The molecular weight excluding hydrogens is 296 g/mol. The van der Waals surface area contributed by atoms with Gasteiger partial charge in [-0.15, -0.1) is 5.10 Å². The van der Waals surface area contributed by atoms with Crippen molar-refractivity contribution in [2.75, 3.05) is 13.1 Å². The second kappa shape index (κ2) is 6.01. The number of fused-ring (bicyclic) bond motifs is 3. The third-order valence-electron chi connectivity index (χ3n) is 4.47. The summed E-state index contributed by atoms with van der Waals surface area (Å²) < 4.78 is 13.3. The van der Waals surface area contributed by atoms with Gasteiger partial charge in [0.05, 0.1) is 37.2 Å². The SMILES string of the molecule is CC(C)Cc1nc(CN2CC[C@H]3OCc4cnnn4[C@H]3C2)no1. The molecule has 2 aliphatic rings. The van der Waals surface area contributed by atoms with Crippen molar-refractivity contribution in [3.05, 3.63) is 23.6 Å². The summed E-state index contributed by atoms with van der Waals surface area (Å²) in [6.07, 6.45) is 3.82. The number of piperidine rings is 1. The summed E-state index contributed by atoms with van der Waals surface area (Å²) in [7, 11) is 0. The molecule has 8 nitrogen and oxygen atoms in total. The van der Waals surface area contributed by atoms with Gasteiger partial charge in [0.15, 0.2) is 5.82 Å². The van der Waals surface area contributed by atoms with Gasteiger partial charge < -0.3 is 9.26 Å². The first-order valence-electron chi connectivity index (χ1n) is 8.23. The molecule has 2 atom stereocenters. The minimum Gasteiger partial charge on any atom is -0.370 e. The van der Waals surface area contributed by atoms with Gasteiger partial charge in [-0.2, -0.15) is 4.98 Å². The first-order chi connectivity index (χ1) is 11.2.